The quantitative estimate of drug-likeness (QED) is 0.802. The van der Waals surface area contributed by atoms with E-state index in [1.807, 2.05) is 0 Å². The number of anilines is 2. The van der Waals surface area contributed by atoms with Crippen LogP contribution in [0.25, 0.3) is 0 Å². The number of halogens is 3. The molecule has 2 N–H and O–H groups in total. The van der Waals surface area contributed by atoms with Crippen LogP contribution in [0.3, 0.4) is 0 Å². The van der Waals surface area contributed by atoms with Crippen LogP contribution >= 0.6 is 23.8 Å². The van der Waals surface area contributed by atoms with Gasteiger partial charge in [0.15, 0.2) is 5.11 Å². The third kappa shape index (κ3) is 3.87. The van der Waals surface area contributed by atoms with E-state index in [4.69, 9.17) is 23.8 Å². The van der Waals surface area contributed by atoms with Crippen molar-refractivity contribution in [3.63, 3.8) is 0 Å². The molecule has 0 bridgehead atoms. The van der Waals surface area contributed by atoms with Gasteiger partial charge in [0.1, 0.15) is 11.6 Å². The molecule has 0 atom stereocenters. The van der Waals surface area contributed by atoms with Gasteiger partial charge in [0.25, 0.3) is 0 Å². The molecule has 2 aromatic rings. The summed E-state index contributed by atoms with van der Waals surface area (Å²) in [6, 6.07) is 9.97. The Morgan fingerprint density at radius 1 is 1.05 bits per heavy atom. The van der Waals surface area contributed by atoms with Crippen LogP contribution in [0.1, 0.15) is 0 Å². The van der Waals surface area contributed by atoms with Crippen molar-refractivity contribution < 1.29 is 8.78 Å². The zero-order valence-corrected chi connectivity index (χ0v) is 11.2. The number of hydrogen-bond acceptors (Lipinski definition) is 1. The Balaban J connectivity index is 2.07. The molecular weight excluding hydrogens is 290 g/mol. The van der Waals surface area contributed by atoms with Crippen molar-refractivity contribution in [2.24, 2.45) is 0 Å². The Labute approximate surface area is 119 Å². The van der Waals surface area contributed by atoms with E-state index in [2.05, 4.69) is 10.6 Å². The van der Waals surface area contributed by atoms with Gasteiger partial charge in [0.05, 0.1) is 5.69 Å². The van der Waals surface area contributed by atoms with Gasteiger partial charge in [0, 0.05) is 16.8 Å². The maximum Gasteiger partial charge on any atom is 0.175 e. The van der Waals surface area contributed by atoms with Crippen LogP contribution in [-0.4, -0.2) is 5.11 Å². The second-order valence-electron chi connectivity index (χ2n) is 3.71. The van der Waals surface area contributed by atoms with E-state index < -0.39 is 11.6 Å². The second-order valence-corrected chi connectivity index (χ2v) is 4.56. The summed E-state index contributed by atoms with van der Waals surface area (Å²) in [7, 11) is 0. The van der Waals surface area contributed by atoms with Crippen molar-refractivity contribution >= 4 is 40.3 Å². The first-order valence-electron chi connectivity index (χ1n) is 5.33. The maximum absolute atomic E-state index is 13.4. The average Bonchev–Trinajstić information content (AvgIpc) is 2.34. The third-order valence-electron chi connectivity index (χ3n) is 2.26. The molecular formula is C13H9ClF2N2S. The van der Waals surface area contributed by atoms with Crippen LogP contribution in [0.2, 0.25) is 5.02 Å². The molecule has 0 heterocycles. The second kappa shape index (κ2) is 5.95. The van der Waals surface area contributed by atoms with Crippen molar-refractivity contribution in [3.8, 4) is 0 Å². The molecule has 0 amide bonds. The molecule has 0 radical (unpaired) electrons. The number of rotatable bonds is 2. The van der Waals surface area contributed by atoms with Gasteiger partial charge in [0.2, 0.25) is 0 Å². The minimum absolute atomic E-state index is 0.0282. The summed E-state index contributed by atoms with van der Waals surface area (Å²) in [6.07, 6.45) is 0. The predicted octanol–water partition coefficient (Wildman–Crippen LogP) is 4.43. The summed E-state index contributed by atoms with van der Waals surface area (Å²) >= 11 is 10.8. The van der Waals surface area contributed by atoms with Crippen molar-refractivity contribution in [3.05, 3.63) is 59.1 Å². The Bertz CT molecular complexity index is 619. The van der Waals surface area contributed by atoms with Gasteiger partial charge in [-0.3, -0.25) is 0 Å². The van der Waals surface area contributed by atoms with E-state index in [-0.39, 0.29) is 10.8 Å². The zero-order chi connectivity index (χ0) is 13.8. The topological polar surface area (TPSA) is 24.1 Å². The first kappa shape index (κ1) is 13.7. The van der Waals surface area contributed by atoms with E-state index in [1.165, 1.54) is 0 Å². The zero-order valence-electron chi connectivity index (χ0n) is 9.58. The Morgan fingerprint density at radius 3 is 2.58 bits per heavy atom. The fraction of sp³-hybridized carbons (Fsp3) is 0. The highest BCUT2D eigenvalue weighted by Crippen LogP contribution is 2.17. The fourth-order valence-electron chi connectivity index (χ4n) is 1.44. The minimum Gasteiger partial charge on any atom is -0.332 e. The minimum atomic E-state index is -0.586. The maximum atomic E-state index is 13.4. The Morgan fingerprint density at radius 2 is 1.84 bits per heavy atom. The number of nitrogens with one attached hydrogen (secondary N) is 2. The average molecular weight is 299 g/mol. The lowest BCUT2D eigenvalue weighted by molar-refractivity contribution is 0.604. The van der Waals surface area contributed by atoms with Gasteiger partial charge in [-0.1, -0.05) is 17.7 Å². The third-order valence-corrected chi connectivity index (χ3v) is 2.70. The van der Waals surface area contributed by atoms with Gasteiger partial charge >= 0.3 is 0 Å². The standard InChI is InChI=1S/C13H9ClF2N2S/c14-8-2-1-3-10(6-8)17-13(19)18-12-7-9(15)4-5-11(12)16/h1-7H,(H2,17,18,19). The lowest BCUT2D eigenvalue weighted by Gasteiger charge is -2.11. The van der Waals surface area contributed by atoms with Gasteiger partial charge in [-0.15, -0.1) is 0 Å². The van der Waals surface area contributed by atoms with Crippen LogP contribution in [0.15, 0.2) is 42.5 Å². The highest BCUT2D eigenvalue weighted by atomic mass is 35.5. The first-order valence-corrected chi connectivity index (χ1v) is 6.12. The molecule has 2 aromatic carbocycles. The van der Waals surface area contributed by atoms with Crippen LogP contribution in [0, 0.1) is 11.6 Å². The molecule has 0 aliphatic rings. The van der Waals surface area contributed by atoms with Gasteiger partial charge in [-0.25, -0.2) is 8.78 Å². The molecule has 98 valence electrons. The summed E-state index contributed by atoms with van der Waals surface area (Å²) in [5.41, 5.74) is 0.626. The van der Waals surface area contributed by atoms with Crippen molar-refractivity contribution in [2.75, 3.05) is 10.6 Å². The smallest absolute Gasteiger partial charge is 0.175 e. The van der Waals surface area contributed by atoms with E-state index in [0.29, 0.717) is 10.7 Å². The number of benzene rings is 2. The van der Waals surface area contributed by atoms with Gasteiger partial charge < -0.3 is 10.6 Å². The number of hydrogen-bond donors (Lipinski definition) is 2. The SMILES string of the molecule is Fc1ccc(F)c(NC(=S)Nc2cccc(Cl)c2)c1. The molecule has 0 unspecified atom stereocenters. The summed E-state index contributed by atoms with van der Waals surface area (Å²) in [4.78, 5) is 0. The Hall–Kier alpha value is -1.72. The molecule has 0 aliphatic carbocycles. The normalized spacial score (nSPS) is 10.1. The van der Waals surface area contributed by atoms with Crippen LogP contribution in [0.5, 0.6) is 0 Å². The molecule has 2 rings (SSSR count). The predicted molar refractivity (Wildman–Crippen MR) is 77.7 cm³/mol. The lowest BCUT2D eigenvalue weighted by Crippen LogP contribution is -2.19. The molecule has 6 heteroatoms. The molecule has 0 aromatic heterocycles. The van der Waals surface area contributed by atoms with E-state index in [1.54, 1.807) is 24.3 Å². The van der Waals surface area contributed by atoms with Crippen molar-refractivity contribution in [1.29, 1.82) is 0 Å². The molecule has 0 fully saturated rings. The summed E-state index contributed by atoms with van der Waals surface area (Å²) in [5, 5.41) is 6.10. The largest absolute Gasteiger partial charge is 0.332 e. The molecule has 0 saturated carbocycles. The summed E-state index contributed by atoms with van der Waals surface area (Å²) in [6.45, 7) is 0. The van der Waals surface area contributed by atoms with E-state index >= 15 is 0 Å². The lowest BCUT2D eigenvalue weighted by atomic mass is 10.3. The molecule has 0 aliphatic heterocycles. The van der Waals surface area contributed by atoms with Crippen LogP contribution in [0.4, 0.5) is 20.2 Å². The van der Waals surface area contributed by atoms with Gasteiger partial charge in [-0.2, -0.15) is 0 Å². The van der Waals surface area contributed by atoms with E-state index in [9.17, 15) is 8.78 Å². The van der Waals surface area contributed by atoms with Crippen LogP contribution < -0.4 is 10.6 Å². The van der Waals surface area contributed by atoms with E-state index in [0.717, 1.165) is 18.2 Å². The first-order chi connectivity index (χ1) is 9.04. The highest BCUT2D eigenvalue weighted by molar-refractivity contribution is 7.80. The monoisotopic (exact) mass is 298 g/mol. The Kier molecular flexibility index (Phi) is 4.29. The summed E-state index contributed by atoms with van der Waals surface area (Å²) in [5.74, 6) is -1.13. The molecule has 0 saturated heterocycles. The van der Waals surface area contributed by atoms with Crippen molar-refractivity contribution in [2.45, 2.75) is 0 Å². The number of thiocarbonyl (C=S) groups is 1. The van der Waals surface area contributed by atoms with Crippen molar-refractivity contribution in [1.82, 2.24) is 0 Å². The molecule has 19 heavy (non-hydrogen) atoms. The fourth-order valence-corrected chi connectivity index (χ4v) is 1.86. The van der Waals surface area contributed by atoms with Crippen LogP contribution in [-0.2, 0) is 0 Å². The van der Waals surface area contributed by atoms with Gasteiger partial charge in [-0.05, 0) is 42.5 Å². The molecule has 2 nitrogen and oxygen atoms in total. The molecule has 0 spiro atoms. The highest BCUT2D eigenvalue weighted by Gasteiger charge is 2.06. The summed E-state index contributed by atoms with van der Waals surface area (Å²) < 4.78 is 26.4.